The van der Waals surface area contributed by atoms with Crippen LogP contribution in [0.1, 0.15) is 24.9 Å². The van der Waals surface area contributed by atoms with Crippen LogP contribution < -0.4 is 5.32 Å². The summed E-state index contributed by atoms with van der Waals surface area (Å²) < 4.78 is 0. The summed E-state index contributed by atoms with van der Waals surface area (Å²) in [6.45, 7) is 1.77. The first-order valence-corrected chi connectivity index (χ1v) is 5.13. The number of halogens is 1. The molecule has 0 saturated heterocycles. The molecule has 1 amide bonds. The highest BCUT2D eigenvalue weighted by atomic mass is 35.5. The number of hydrogen-bond donors (Lipinski definition) is 2. The van der Waals surface area contributed by atoms with Crippen molar-refractivity contribution in [3.63, 3.8) is 0 Å². The fraction of sp³-hybridized carbons (Fsp3) is 0.273. The van der Waals surface area contributed by atoms with E-state index in [1.165, 1.54) is 0 Å². The summed E-state index contributed by atoms with van der Waals surface area (Å²) in [5.74, 6) is -1.66. The van der Waals surface area contributed by atoms with Gasteiger partial charge in [-0.2, -0.15) is 0 Å². The van der Waals surface area contributed by atoms with Crippen LogP contribution in [-0.2, 0) is 9.59 Å². The number of amides is 1. The van der Waals surface area contributed by atoms with Crippen molar-refractivity contribution in [2.75, 3.05) is 0 Å². The largest absolute Gasteiger partial charge is 0.481 e. The lowest BCUT2D eigenvalue weighted by Crippen LogP contribution is -2.28. The molecule has 2 N–H and O–H groups in total. The molecule has 86 valence electrons. The molecule has 1 aromatic rings. The van der Waals surface area contributed by atoms with Gasteiger partial charge in [0.1, 0.15) is 6.42 Å². The smallest absolute Gasteiger partial charge is 0.312 e. The summed E-state index contributed by atoms with van der Waals surface area (Å²) in [6.07, 6.45) is -0.523. The van der Waals surface area contributed by atoms with Crippen LogP contribution in [0.3, 0.4) is 0 Å². The number of carbonyl (C=O) groups is 2. The molecule has 0 aliphatic rings. The molecule has 5 heteroatoms. The first-order chi connectivity index (χ1) is 7.49. The van der Waals surface area contributed by atoms with Crippen LogP contribution >= 0.6 is 11.6 Å². The Morgan fingerprint density at radius 2 is 2.19 bits per heavy atom. The highest BCUT2D eigenvalue weighted by Crippen LogP contribution is 2.17. The number of carbonyl (C=O) groups excluding carboxylic acids is 1. The van der Waals surface area contributed by atoms with Gasteiger partial charge in [0.15, 0.2) is 0 Å². The van der Waals surface area contributed by atoms with Gasteiger partial charge in [-0.3, -0.25) is 9.59 Å². The maximum Gasteiger partial charge on any atom is 0.312 e. The van der Waals surface area contributed by atoms with E-state index in [0.717, 1.165) is 5.56 Å². The van der Waals surface area contributed by atoms with Gasteiger partial charge in [0.25, 0.3) is 0 Å². The van der Waals surface area contributed by atoms with Crippen molar-refractivity contribution < 1.29 is 14.7 Å². The van der Waals surface area contributed by atoms with Crippen LogP contribution in [0.4, 0.5) is 0 Å². The van der Waals surface area contributed by atoms with Gasteiger partial charge in [-0.1, -0.05) is 23.7 Å². The fourth-order valence-electron chi connectivity index (χ4n) is 1.29. The van der Waals surface area contributed by atoms with Crippen molar-refractivity contribution in [3.8, 4) is 0 Å². The van der Waals surface area contributed by atoms with Crippen LogP contribution in [0, 0.1) is 0 Å². The van der Waals surface area contributed by atoms with E-state index < -0.39 is 18.3 Å². The standard InChI is InChI=1S/C11H12ClNO3/c1-7(13-10(14)6-11(15)16)8-3-2-4-9(12)5-8/h2-5,7H,6H2,1H3,(H,13,14)(H,15,16). The maximum absolute atomic E-state index is 11.2. The molecule has 4 nitrogen and oxygen atoms in total. The molecule has 0 spiro atoms. The van der Waals surface area contributed by atoms with Crippen LogP contribution in [0.5, 0.6) is 0 Å². The van der Waals surface area contributed by atoms with E-state index in [9.17, 15) is 9.59 Å². The summed E-state index contributed by atoms with van der Waals surface area (Å²) in [4.78, 5) is 21.5. The summed E-state index contributed by atoms with van der Waals surface area (Å²) in [7, 11) is 0. The van der Waals surface area contributed by atoms with Gasteiger partial charge in [0, 0.05) is 5.02 Å². The lowest BCUT2D eigenvalue weighted by molar-refractivity contribution is -0.140. The number of benzene rings is 1. The third-order valence-corrected chi connectivity index (χ3v) is 2.27. The molecule has 1 aromatic carbocycles. The highest BCUT2D eigenvalue weighted by molar-refractivity contribution is 6.30. The molecular weight excluding hydrogens is 230 g/mol. The molecule has 0 aliphatic carbocycles. The second-order valence-electron chi connectivity index (χ2n) is 3.41. The summed E-state index contributed by atoms with van der Waals surface area (Å²) in [6, 6.07) is 6.80. The quantitative estimate of drug-likeness (QED) is 0.793. The molecular formula is C11H12ClNO3. The second-order valence-corrected chi connectivity index (χ2v) is 3.85. The van der Waals surface area contributed by atoms with Crippen molar-refractivity contribution in [1.82, 2.24) is 5.32 Å². The zero-order valence-corrected chi connectivity index (χ0v) is 9.49. The van der Waals surface area contributed by atoms with Crippen molar-refractivity contribution >= 4 is 23.5 Å². The van der Waals surface area contributed by atoms with Crippen LogP contribution in [0.2, 0.25) is 5.02 Å². The number of aliphatic carboxylic acids is 1. The van der Waals surface area contributed by atoms with E-state index in [4.69, 9.17) is 16.7 Å². The average molecular weight is 242 g/mol. The van der Waals surface area contributed by atoms with Gasteiger partial charge in [0.05, 0.1) is 6.04 Å². The molecule has 0 radical (unpaired) electrons. The van der Waals surface area contributed by atoms with Crippen molar-refractivity contribution in [1.29, 1.82) is 0 Å². The normalized spacial score (nSPS) is 11.9. The van der Waals surface area contributed by atoms with Crippen molar-refractivity contribution in [2.24, 2.45) is 0 Å². The van der Waals surface area contributed by atoms with Crippen LogP contribution in [0.25, 0.3) is 0 Å². The number of carboxylic acid groups (broad SMARTS) is 1. The Balaban J connectivity index is 2.62. The first-order valence-electron chi connectivity index (χ1n) is 4.75. The Labute approximate surface area is 98.2 Å². The molecule has 0 bridgehead atoms. The molecule has 1 unspecified atom stereocenters. The number of rotatable bonds is 4. The fourth-order valence-corrected chi connectivity index (χ4v) is 1.49. The zero-order valence-electron chi connectivity index (χ0n) is 8.74. The van der Waals surface area contributed by atoms with Crippen LogP contribution in [-0.4, -0.2) is 17.0 Å². The Morgan fingerprint density at radius 1 is 1.50 bits per heavy atom. The third kappa shape index (κ3) is 3.90. The highest BCUT2D eigenvalue weighted by Gasteiger charge is 2.12. The topological polar surface area (TPSA) is 66.4 Å². The molecule has 0 saturated carbocycles. The lowest BCUT2D eigenvalue weighted by Gasteiger charge is -2.13. The second kappa shape index (κ2) is 5.51. The molecule has 0 heterocycles. The van der Waals surface area contributed by atoms with Gasteiger partial charge in [-0.15, -0.1) is 0 Å². The molecule has 16 heavy (non-hydrogen) atoms. The molecule has 1 atom stereocenters. The summed E-state index contributed by atoms with van der Waals surface area (Å²) in [5, 5.41) is 11.6. The van der Waals surface area contributed by atoms with Gasteiger partial charge in [-0.05, 0) is 24.6 Å². The minimum absolute atomic E-state index is 0.259. The van der Waals surface area contributed by atoms with E-state index in [1.54, 1.807) is 25.1 Å². The van der Waals surface area contributed by atoms with Crippen molar-refractivity contribution in [2.45, 2.75) is 19.4 Å². The molecule has 0 aliphatic heterocycles. The van der Waals surface area contributed by atoms with Gasteiger partial charge < -0.3 is 10.4 Å². The maximum atomic E-state index is 11.2. The summed E-state index contributed by atoms with van der Waals surface area (Å²) >= 11 is 5.80. The molecule has 0 aromatic heterocycles. The van der Waals surface area contributed by atoms with Gasteiger partial charge in [-0.25, -0.2) is 0 Å². The van der Waals surface area contributed by atoms with E-state index >= 15 is 0 Å². The Bertz CT molecular complexity index is 406. The predicted molar refractivity (Wildman–Crippen MR) is 60.3 cm³/mol. The monoisotopic (exact) mass is 241 g/mol. The Kier molecular flexibility index (Phi) is 4.31. The van der Waals surface area contributed by atoms with Crippen molar-refractivity contribution in [3.05, 3.63) is 34.9 Å². The predicted octanol–water partition coefficient (Wildman–Crippen LogP) is 1.99. The number of hydrogen-bond acceptors (Lipinski definition) is 2. The van der Waals surface area contributed by atoms with E-state index in [0.29, 0.717) is 5.02 Å². The molecule has 0 fully saturated rings. The van der Waals surface area contributed by atoms with Gasteiger partial charge >= 0.3 is 5.97 Å². The van der Waals surface area contributed by atoms with Gasteiger partial charge in [0.2, 0.25) is 5.91 Å². The molecule has 1 rings (SSSR count). The Hall–Kier alpha value is -1.55. The van der Waals surface area contributed by atoms with E-state index in [2.05, 4.69) is 5.32 Å². The SMILES string of the molecule is CC(NC(=O)CC(=O)O)c1cccc(Cl)c1. The average Bonchev–Trinajstić information content (AvgIpc) is 2.16. The third-order valence-electron chi connectivity index (χ3n) is 2.04. The Morgan fingerprint density at radius 3 is 2.75 bits per heavy atom. The first kappa shape index (κ1) is 12.5. The lowest BCUT2D eigenvalue weighted by atomic mass is 10.1. The minimum atomic E-state index is -1.14. The van der Waals surface area contributed by atoms with Crippen LogP contribution in [0.15, 0.2) is 24.3 Å². The minimum Gasteiger partial charge on any atom is -0.481 e. The van der Waals surface area contributed by atoms with E-state index in [1.807, 2.05) is 6.07 Å². The zero-order chi connectivity index (χ0) is 12.1. The van der Waals surface area contributed by atoms with E-state index in [-0.39, 0.29) is 6.04 Å². The number of carboxylic acids is 1. The summed E-state index contributed by atoms with van der Waals surface area (Å²) in [5.41, 5.74) is 0.839. The number of nitrogens with one attached hydrogen (secondary N) is 1.